The monoisotopic (exact) mass is 375 g/mol. The standard InChI is InChI=1S/C17H21N5O5/c1-21(10-8-18-16(25)12-4-2-6-14(23)20-12)11-9-19-17(26)13-5-3-7-15(24)22(13)27/h2-7,27H,8-11H2,1H3,(H,18,25)(H,19,26)(H,20,23). The molecule has 27 heavy (non-hydrogen) atoms. The number of carbonyl (C=O) groups is 2. The highest BCUT2D eigenvalue weighted by atomic mass is 16.5. The summed E-state index contributed by atoms with van der Waals surface area (Å²) in [5.74, 6) is -0.940. The van der Waals surface area contributed by atoms with Crippen molar-refractivity contribution in [2.45, 2.75) is 0 Å². The molecule has 0 unspecified atom stereocenters. The summed E-state index contributed by atoms with van der Waals surface area (Å²) in [5.41, 5.74) is -0.984. The van der Waals surface area contributed by atoms with Crippen molar-refractivity contribution in [2.24, 2.45) is 0 Å². The van der Waals surface area contributed by atoms with Crippen molar-refractivity contribution in [3.8, 4) is 0 Å². The normalized spacial score (nSPS) is 10.6. The second-order valence-electron chi connectivity index (χ2n) is 5.80. The van der Waals surface area contributed by atoms with Crippen LogP contribution in [-0.2, 0) is 0 Å². The zero-order chi connectivity index (χ0) is 19.8. The maximum Gasteiger partial charge on any atom is 0.283 e. The molecule has 0 fully saturated rings. The summed E-state index contributed by atoms with van der Waals surface area (Å²) < 4.78 is 0.294. The quantitative estimate of drug-likeness (QED) is 0.431. The van der Waals surface area contributed by atoms with Gasteiger partial charge in [-0.25, -0.2) is 0 Å². The molecule has 2 heterocycles. The molecule has 0 aliphatic rings. The number of aromatic nitrogens is 2. The number of H-pyrrole nitrogens is 1. The summed E-state index contributed by atoms with van der Waals surface area (Å²) in [5, 5.41) is 14.8. The Morgan fingerprint density at radius 3 is 2.33 bits per heavy atom. The third-order valence-corrected chi connectivity index (χ3v) is 3.73. The average Bonchev–Trinajstić information content (AvgIpc) is 2.63. The van der Waals surface area contributed by atoms with Crippen LogP contribution in [-0.4, -0.2) is 64.9 Å². The summed E-state index contributed by atoms with van der Waals surface area (Å²) >= 11 is 0. The van der Waals surface area contributed by atoms with Crippen molar-refractivity contribution in [3.63, 3.8) is 0 Å². The van der Waals surface area contributed by atoms with Gasteiger partial charge in [0.1, 0.15) is 11.4 Å². The molecule has 0 bridgehead atoms. The molecular weight excluding hydrogens is 354 g/mol. The first-order chi connectivity index (χ1) is 12.9. The number of hydrogen-bond acceptors (Lipinski definition) is 6. The van der Waals surface area contributed by atoms with Gasteiger partial charge in [-0.15, -0.1) is 4.73 Å². The van der Waals surface area contributed by atoms with Gasteiger partial charge in [0, 0.05) is 38.3 Å². The Kier molecular flexibility index (Phi) is 6.89. The Labute approximate surface area is 154 Å². The molecule has 0 aliphatic heterocycles. The van der Waals surface area contributed by atoms with Crippen LogP contribution in [0.5, 0.6) is 0 Å². The molecule has 2 aromatic heterocycles. The molecule has 2 amide bonds. The summed E-state index contributed by atoms with van der Waals surface area (Å²) in [6, 6.07) is 8.21. The lowest BCUT2D eigenvalue weighted by Gasteiger charge is -2.17. The summed E-state index contributed by atoms with van der Waals surface area (Å²) in [7, 11) is 1.81. The first kappa shape index (κ1) is 19.9. The van der Waals surface area contributed by atoms with E-state index in [0.717, 1.165) is 6.07 Å². The predicted molar refractivity (Wildman–Crippen MR) is 97.1 cm³/mol. The Balaban J connectivity index is 1.70. The van der Waals surface area contributed by atoms with E-state index in [0.29, 0.717) is 30.9 Å². The van der Waals surface area contributed by atoms with Crippen molar-refractivity contribution < 1.29 is 14.8 Å². The molecule has 144 valence electrons. The van der Waals surface area contributed by atoms with Gasteiger partial charge in [0.2, 0.25) is 5.56 Å². The fourth-order valence-electron chi connectivity index (χ4n) is 2.25. The molecule has 2 rings (SSSR count). The second kappa shape index (κ2) is 9.34. The molecule has 0 aromatic carbocycles. The Morgan fingerprint density at radius 2 is 1.67 bits per heavy atom. The smallest absolute Gasteiger partial charge is 0.283 e. The highest BCUT2D eigenvalue weighted by Crippen LogP contribution is 1.94. The van der Waals surface area contributed by atoms with E-state index in [1.54, 1.807) is 0 Å². The van der Waals surface area contributed by atoms with Crippen LogP contribution < -0.4 is 21.8 Å². The van der Waals surface area contributed by atoms with Crippen molar-refractivity contribution >= 4 is 11.8 Å². The van der Waals surface area contributed by atoms with Crippen LogP contribution in [0.4, 0.5) is 0 Å². The van der Waals surface area contributed by atoms with Gasteiger partial charge >= 0.3 is 0 Å². The zero-order valence-electron chi connectivity index (χ0n) is 14.8. The number of nitrogens with zero attached hydrogens (tertiary/aromatic N) is 2. The number of carbonyl (C=O) groups excluding carboxylic acids is 2. The first-order valence-corrected chi connectivity index (χ1v) is 8.24. The van der Waals surface area contributed by atoms with Crippen molar-refractivity contribution in [1.29, 1.82) is 0 Å². The molecule has 0 saturated heterocycles. The van der Waals surface area contributed by atoms with Gasteiger partial charge in [0.15, 0.2) is 0 Å². The molecule has 0 saturated carbocycles. The largest absolute Gasteiger partial charge is 0.425 e. The van der Waals surface area contributed by atoms with Crippen LogP contribution >= 0.6 is 0 Å². The first-order valence-electron chi connectivity index (χ1n) is 8.24. The zero-order valence-corrected chi connectivity index (χ0v) is 14.8. The van der Waals surface area contributed by atoms with Crippen molar-refractivity contribution in [1.82, 2.24) is 25.2 Å². The Bertz CT molecular complexity index is 920. The SMILES string of the molecule is CN(CCNC(=O)c1cccc(=O)[nH]1)CCNC(=O)c1cccc(=O)n1O. The van der Waals surface area contributed by atoms with Gasteiger partial charge in [-0.1, -0.05) is 12.1 Å². The van der Waals surface area contributed by atoms with Crippen LogP contribution in [0.15, 0.2) is 46.0 Å². The van der Waals surface area contributed by atoms with Crippen LogP contribution in [0.2, 0.25) is 0 Å². The molecule has 4 N–H and O–H groups in total. The van der Waals surface area contributed by atoms with E-state index < -0.39 is 11.5 Å². The number of nitrogens with one attached hydrogen (secondary N) is 3. The highest BCUT2D eigenvalue weighted by Gasteiger charge is 2.11. The van der Waals surface area contributed by atoms with E-state index in [-0.39, 0.29) is 22.9 Å². The maximum atomic E-state index is 12.0. The predicted octanol–water partition coefficient (Wildman–Crippen LogP) is -1.13. The number of rotatable bonds is 8. The highest BCUT2D eigenvalue weighted by molar-refractivity contribution is 5.92. The van der Waals surface area contributed by atoms with E-state index >= 15 is 0 Å². The van der Waals surface area contributed by atoms with E-state index in [1.165, 1.54) is 30.3 Å². The molecule has 10 nitrogen and oxygen atoms in total. The van der Waals surface area contributed by atoms with Gasteiger partial charge in [0.25, 0.3) is 17.4 Å². The minimum atomic E-state index is -0.685. The minimum Gasteiger partial charge on any atom is -0.425 e. The van der Waals surface area contributed by atoms with Gasteiger partial charge in [-0.3, -0.25) is 19.2 Å². The number of likely N-dealkylation sites (N-methyl/N-ethyl adjacent to an activating group) is 1. The van der Waals surface area contributed by atoms with Gasteiger partial charge in [-0.05, 0) is 19.2 Å². The Morgan fingerprint density at radius 1 is 1.04 bits per heavy atom. The lowest BCUT2D eigenvalue weighted by Crippen LogP contribution is -2.38. The van der Waals surface area contributed by atoms with E-state index in [4.69, 9.17) is 0 Å². The molecular formula is C17H21N5O5. The van der Waals surface area contributed by atoms with E-state index in [2.05, 4.69) is 15.6 Å². The molecule has 0 aliphatic carbocycles. The van der Waals surface area contributed by atoms with Crippen molar-refractivity contribution in [3.05, 3.63) is 68.5 Å². The minimum absolute atomic E-state index is 0.144. The summed E-state index contributed by atoms with van der Waals surface area (Å²) in [6.45, 7) is 1.66. The third-order valence-electron chi connectivity index (χ3n) is 3.73. The molecule has 10 heteroatoms. The number of hydrogen-bond donors (Lipinski definition) is 4. The third kappa shape index (κ3) is 5.82. The van der Waals surface area contributed by atoms with Gasteiger partial charge in [0.05, 0.1) is 0 Å². The fraction of sp³-hybridized carbons (Fsp3) is 0.294. The van der Waals surface area contributed by atoms with Crippen LogP contribution in [0.3, 0.4) is 0 Å². The second-order valence-corrected chi connectivity index (χ2v) is 5.80. The van der Waals surface area contributed by atoms with Crippen LogP contribution in [0, 0.1) is 0 Å². The number of pyridine rings is 2. The van der Waals surface area contributed by atoms with Gasteiger partial charge < -0.3 is 25.7 Å². The van der Waals surface area contributed by atoms with Crippen LogP contribution in [0.1, 0.15) is 21.0 Å². The average molecular weight is 375 g/mol. The van der Waals surface area contributed by atoms with Crippen LogP contribution in [0.25, 0.3) is 0 Å². The topological polar surface area (TPSA) is 137 Å². The van der Waals surface area contributed by atoms with E-state index in [1.807, 2.05) is 11.9 Å². The number of amides is 2. The van der Waals surface area contributed by atoms with E-state index in [9.17, 15) is 24.4 Å². The maximum absolute atomic E-state index is 12.0. The summed E-state index contributed by atoms with van der Waals surface area (Å²) in [6.07, 6.45) is 0. The fourth-order valence-corrected chi connectivity index (χ4v) is 2.25. The molecule has 0 spiro atoms. The summed E-state index contributed by atoms with van der Waals surface area (Å²) in [4.78, 5) is 50.6. The Hall–Kier alpha value is -3.40. The van der Waals surface area contributed by atoms with Crippen molar-refractivity contribution in [2.75, 3.05) is 33.2 Å². The van der Waals surface area contributed by atoms with Gasteiger partial charge in [-0.2, -0.15) is 0 Å². The lowest BCUT2D eigenvalue weighted by molar-refractivity contribution is 0.0888. The number of aromatic amines is 1. The molecule has 2 aromatic rings. The lowest BCUT2D eigenvalue weighted by atomic mass is 10.3. The molecule has 0 atom stereocenters. The molecule has 0 radical (unpaired) electrons.